The molecule has 0 radical (unpaired) electrons. The Morgan fingerprint density at radius 2 is 2.17 bits per heavy atom. The molecular formula is C13H18N2O3. The van der Waals surface area contributed by atoms with E-state index in [0.29, 0.717) is 12.1 Å². The van der Waals surface area contributed by atoms with Crippen molar-refractivity contribution < 1.29 is 15.0 Å². The molecule has 1 heterocycles. The Balaban J connectivity index is 1.97. The van der Waals surface area contributed by atoms with Gasteiger partial charge in [-0.15, -0.1) is 0 Å². The van der Waals surface area contributed by atoms with Crippen LogP contribution < -0.4 is 10.6 Å². The maximum atomic E-state index is 11.7. The molecule has 1 unspecified atom stereocenters. The van der Waals surface area contributed by atoms with Crippen molar-refractivity contribution in [3.05, 3.63) is 23.8 Å². The molecule has 1 aromatic carbocycles. The van der Waals surface area contributed by atoms with E-state index in [1.807, 2.05) is 0 Å². The molecule has 1 fully saturated rings. The van der Waals surface area contributed by atoms with Crippen molar-refractivity contribution in [1.29, 1.82) is 0 Å². The number of nitrogens with one attached hydrogen (secondary N) is 2. The molecule has 1 amide bonds. The molecule has 1 aromatic rings. The topological polar surface area (TPSA) is 81.6 Å². The molecule has 18 heavy (non-hydrogen) atoms. The summed E-state index contributed by atoms with van der Waals surface area (Å²) in [5.41, 5.74) is 0.590. The van der Waals surface area contributed by atoms with E-state index in [4.69, 9.17) is 0 Å². The summed E-state index contributed by atoms with van der Waals surface area (Å²) in [6, 6.07) is 4.14. The smallest absolute Gasteiger partial charge is 0.237 e. The maximum absolute atomic E-state index is 11.7. The van der Waals surface area contributed by atoms with E-state index in [0.717, 1.165) is 25.8 Å². The lowest BCUT2D eigenvalue weighted by Crippen LogP contribution is -2.42. The Hall–Kier alpha value is -1.75. The Morgan fingerprint density at radius 3 is 3.00 bits per heavy atom. The molecule has 0 saturated carbocycles. The van der Waals surface area contributed by atoms with E-state index in [1.165, 1.54) is 18.2 Å². The number of benzene rings is 1. The number of carbonyl (C=O) groups is 1. The average Bonchev–Trinajstić information content (AvgIpc) is 2.55. The van der Waals surface area contributed by atoms with Crippen LogP contribution in [0.5, 0.6) is 11.5 Å². The zero-order valence-corrected chi connectivity index (χ0v) is 10.1. The molecule has 5 heteroatoms. The maximum Gasteiger partial charge on any atom is 0.237 e. The van der Waals surface area contributed by atoms with Crippen LogP contribution in [-0.2, 0) is 11.3 Å². The van der Waals surface area contributed by atoms with Crippen molar-refractivity contribution in [3.8, 4) is 11.5 Å². The largest absolute Gasteiger partial charge is 0.508 e. The van der Waals surface area contributed by atoms with Gasteiger partial charge in [-0.1, -0.05) is 0 Å². The van der Waals surface area contributed by atoms with Gasteiger partial charge in [0.25, 0.3) is 0 Å². The molecule has 2 rings (SSSR count). The summed E-state index contributed by atoms with van der Waals surface area (Å²) < 4.78 is 0. The van der Waals surface area contributed by atoms with Crippen LogP contribution in [0.2, 0.25) is 0 Å². The first-order chi connectivity index (χ1) is 8.66. The minimum absolute atomic E-state index is 0.00661. The summed E-state index contributed by atoms with van der Waals surface area (Å²) in [6.07, 6.45) is 2.80. The van der Waals surface area contributed by atoms with Gasteiger partial charge in [-0.3, -0.25) is 4.79 Å². The lowest BCUT2D eigenvalue weighted by atomic mass is 10.1. The molecule has 0 aromatic heterocycles. The average molecular weight is 250 g/mol. The normalized spacial score (nSPS) is 20.2. The molecule has 1 saturated heterocycles. The number of hydrogen-bond acceptors (Lipinski definition) is 4. The Bertz CT molecular complexity index is 434. The summed E-state index contributed by atoms with van der Waals surface area (Å²) in [4.78, 5) is 11.7. The van der Waals surface area contributed by atoms with Gasteiger partial charge in [0.1, 0.15) is 11.5 Å². The van der Waals surface area contributed by atoms with Gasteiger partial charge >= 0.3 is 0 Å². The molecule has 0 spiro atoms. The fourth-order valence-corrected chi connectivity index (χ4v) is 2.08. The van der Waals surface area contributed by atoms with E-state index in [1.54, 1.807) is 0 Å². The van der Waals surface area contributed by atoms with Crippen LogP contribution in [0.1, 0.15) is 24.8 Å². The number of rotatable bonds is 3. The minimum atomic E-state index is -0.228. The monoisotopic (exact) mass is 250 g/mol. The van der Waals surface area contributed by atoms with Crippen molar-refractivity contribution in [2.24, 2.45) is 0 Å². The molecule has 1 aliphatic heterocycles. The lowest BCUT2D eigenvalue weighted by molar-refractivity contribution is -0.122. The standard InChI is InChI=1S/C13H18N2O3/c16-10-4-5-12(17)9(7-10)8-15-11-3-1-2-6-14-13(11)18/h4-5,7,11,15-17H,1-3,6,8H2,(H,14,18). The summed E-state index contributed by atoms with van der Waals surface area (Å²) in [5, 5.41) is 24.9. The highest BCUT2D eigenvalue weighted by Gasteiger charge is 2.20. The summed E-state index contributed by atoms with van der Waals surface area (Å²) in [6.45, 7) is 1.09. The first-order valence-corrected chi connectivity index (χ1v) is 6.19. The zero-order valence-electron chi connectivity index (χ0n) is 10.1. The van der Waals surface area contributed by atoms with Crippen molar-refractivity contribution in [1.82, 2.24) is 10.6 Å². The molecule has 4 N–H and O–H groups in total. The van der Waals surface area contributed by atoms with E-state index in [2.05, 4.69) is 10.6 Å². The quantitative estimate of drug-likeness (QED) is 0.600. The Morgan fingerprint density at radius 1 is 1.33 bits per heavy atom. The third kappa shape index (κ3) is 3.13. The zero-order chi connectivity index (χ0) is 13.0. The Labute approximate surface area is 106 Å². The van der Waals surface area contributed by atoms with Gasteiger partial charge in [-0.25, -0.2) is 0 Å². The van der Waals surface area contributed by atoms with Crippen molar-refractivity contribution in [3.63, 3.8) is 0 Å². The highest BCUT2D eigenvalue weighted by atomic mass is 16.3. The minimum Gasteiger partial charge on any atom is -0.508 e. The molecular weight excluding hydrogens is 232 g/mol. The first-order valence-electron chi connectivity index (χ1n) is 6.19. The SMILES string of the molecule is O=C1NCCCCC1NCc1cc(O)ccc1O. The van der Waals surface area contributed by atoms with E-state index >= 15 is 0 Å². The van der Waals surface area contributed by atoms with Crippen molar-refractivity contribution >= 4 is 5.91 Å². The molecule has 1 aliphatic rings. The predicted molar refractivity (Wildman–Crippen MR) is 67.3 cm³/mol. The first kappa shape index (κ1) is 12.7. The predicted octanol–water partition coefficient (Wildman–Crippen LogP) is 0.856. The fourth-order valence-electron chi connectivity index (χ4n) is 2.08. The number of phenols is 2. The van der Waals surface area contributed by atoms with Gasteiger partial charge in [0.2, 0.25) is 5.91 Å². The van der Waals surface area contributed by atoms with Crippen LogP contribution in [0.3, 0.4) is 0 Å². The number of phenolic OH excluding ortho intramolecular Hbond substituents is 2. The van der Waals surface area contributed by atoms with Crippen LogP contribution in [0.25, 0.3) is 0 Å². The number of hydrogen-bond donors (Lipinski definition) is 4. The van der Waals surface area contributed by atoms with E-state index in [9.17, 15) is 15.0 Å². The number of amides is 1. The summed E-state index contributed by atoms with van der Waals surface area (Å²) in [5.74, 6) is 0.233. The van der Waals surface area contributed by atoms with E-state index in [-0.39, 0.29) is 23.4 Å². The van der Waals surface area contributed by atoms with Gasteiger partial charge in [0, 0.05) is 18.7 Å². The van der Waals surface area contributed by atoms with Crippen molar-refractivity contribution in [2.75, 3.05) is 6.54 Å². The van der Waals surface area contributed by atoms with Gasteiger partial charge < -0.3 is 20.8 Å². The van der Waals surface area contributed by atoms with Gasteiger partial charge in [-0.2, -0.15) is 0 Å². The number of carbonyl (C=O) groups excluding carboxylic acids is 1. The second-order valence-corrected chi connectivity index (χ2v) is 4.53. The Kier molecular flexibility index (Phi) is 4.04. The third-order valence-electron chi connectivity index (χ3n) is 3.14. The van der Waals surface area contributed by atoms with E-state index < -0.39 is 0 Å². The fraction of sp³-hybridized carbons (Fsp3) is 0.462. The van der Waals surface area contributed by atoms with Gasteiger partial charge in [0.15, 0.2) is 0 Å². The molecule has 5 nitrogen and oxygen atoms in total. The molecule has 1 atom stereocenters. The summed E-state index contributed by atoms with van der Waals surface area (Å²) >= 11 is 0. The van der Waals surface area contributed by atoms with Crippen LogP contribution in [-0.4, -0.2) is 28.7 Å². The van der Waals surface area contributed by atoms with Gasteiger partial charge in [0.05, 0.1) is 6.04 Å². The van der Waals surface area contributed by atoms with Crippen molar-refractivity contribution in [2.45, 2.75) is 31.8 Å². The van der Waals surface area contributed by atoms with Crippen LogP contribution in [0.4, 0.5) is 0 Å². The second kappa shape index (κ2) is 5.73. The van der Waals surface area contributed by atoms with Crippen LogP contribution in [0, 0.1) is 0 Å². The highest BCUT2D eigenvalue weighted by Crippen LogP contribution is 2.22. The lowest BCUT2D eigenvalue weighted by Gasteiger charge is -2.15. The molecule has 98 valence electrons. The highest BCUT2D eigenvalue weighted by molar-refractivity contribution is 5.81. The second-order valence-electron chi connectivity index (χ2n) is 4.53. The third-order valence-corrected chi connectivity index (χ3v) is 3.14. The van der Waals surface area contributed by atoms with Crippen LogP contribution >= 0.6 is 0 Å². The summed E-state index contributed by atoms with van der Waals surface area (Å²) in [7, 11) is 0. The van der Waals surface area contributed by atoms with Crippen LogP contribution in [0.15, 0.2) is 18.2 Å². The molecule has 0 bridgehead atoms. The molecule has 0 aliphatic carbocycles. The number of aromatic hydroxyl groups is 2. The van der Waals surface area contributed by atoms with Gasteiger partial charge in [-0.05, 0) is 37.5 Å².